The lowest BCUT2D eigenvalue weighted by atomic mass is 10.0. The van der Waals surface area contributed by atoms with Gasteiger partial charge in [0.1, 0.15) is 6.04 Å². The highest BCUT2D eigenvalue weighted by molar-refractivity contribution is 9.10. The summed E-state index contributed by atoms with van der Waals surface area (Å²) in [6.45, 7) is 0.477. The zero-order valence-corrected chi connectivity index (χ0v) is 12.4. The minimum absolute atomic E-state index is 0.268. The summed E-state index contributed by atoms with van der Waals surface area (Å²) in [6.07, 6.45) is 2.18. The number of amides is 1. The highest BCUT2D eigenvalue weighted by Crippen LogP contribution is 2.26. The van der Waals surface area contributed by atoms with E-state index in [1.54, 1.807) is 18.2 Å². The second-order valence-electron chi connectivity index (χ2n) is 4.47. The third kappa shape index (κ3) is 3.09. The molecule has 0 unspecified atom stereocenters. The molecule has 0 aromatic heterocycles. The molecule has 0 spiro atoms. The third-order valence-corrected chi connectivity index (χ3v) is 4.10. The highest BCUT2D eigenvalue weighted by Gasteiger charge is 2.33. The Morgan fingerprint density at radius 3 is 2.74 bits per heavy atom. The SMILES string of the molecule is O=C(O)[C@@H]1CCCCN1C(=O)c1ccc(Cl)cc1Br. The van der Waals surface area contributed by atoms with Crippen molar-refractivity contribution in [2.75, 3.05) is 6.54 Å². The van der Waals surface area contributed by atoms with Gasteiger partial charge in [-0.25, -0.2) is 4.79 Å². The fourth-order valence-electron chi connectivity index (χ4n) is 2.25. The molecule has 1 aromatic carbocycles. The van der Waals surface area contributed by atoms with E-state index in [2.05, 4.69) is 15.9 Å². The van der Waals surface area contributed by atoms with E-state index in [0.29, 0.717) is 28.0 Å². The number of hydrogen-bond donors (Lipinski definition) is 1. The number of halogens is 2. The monoisotopic (exact) mass is 345 g/mol. The first kappa shape index (κ1) is 14.3. The number of rotatable bonds is 2. The maximum atomic E-state index is 12.4. The first-order valence-corrected chi connectivity index (χ1v) is 7.16. The van der Waals surface area contributed by atoms with Gasteiger partial charge in [0.2, 0.25) is 0 Å². The van der Waals surface area contributed by atoms with Crippen molar-refractivity contribution >= 4 is 39.4 Å². The van der Waals surface area contributed by atoms with Gasteiger partial charge in [-0.1, -0.05) is 11.6 Å². The van der Waals surface area contributed by atoms with Gasteiger partial charge in [0.15, 0.2) is 0 Å². The molecule has 102 valence electrons. The highest BCUT2D eigenvalue weighted by atomic mass is 79.9. The number of carbonyl (C=O) groups excluding carboxylic acids is 1. The van der Waals surface area contributed by atoms with Crippen LogP contribution < -0.4 is 0 Å². The molecule has 1 N–H and O–H groups in total. The molecule has 1 fully saturated rings. The van der Waals surface area contributed by atoms with Crippen LogP contribution >= 0.6 is 27.5 Å². The number of carbonyl (C=O) groups is 2. The molecule has 0 saturated carbocycles. The maximum Gasteiger partial charge on any atom is 0.326 e. The Bertz CT molecular complexity index is 521. The maximum absolute atomic E-state index is 12.4. The van der Waals surface area contributed by atoms with Crippen LogP contribution in [0.3, 0.4) is 0 Å². The van der Waals surface area contributed by atoms with E-state index in [9.17, 15) is 14.7 Å². The van der Waals surface area contributed by atoms with Gasteiger partial charge in [-0.3, -0.25) is 4.79 Å². The molecule has 6 heteroatoms. The molecular formula is C13H13BrClNO3. The first-order valence-electron chi connectivity index (χ1n) is 5.99. The number of nitrogens with zero attached hydrogens (tertiary/aromatic N) is 1. The van der Waals surface area contributed by atoms with Gasteiger partial charge in [-0.15, -0.1) is 0 Å². The van der Waals surface area contributed by atoms with E-state index >= 15 is 0 Å². The second-order valence-corrected chi connectivity index (χ2v) is 5.76. The van der Waals surface area contributed by atoms with Gasteiger partial charge in [-0.05, 0) is 53.4 Å². The van der Waals surface area contributed by atoms with Gasteiger partial charge < -0.3 is 10.0 Å². The lowest BCUT2D eigenvalue weighted by molar-refractivity contribution is -0.143. The molecule has 1 aliphatic heterocycles. The van der Waals surface area contributed by atoms with Gasteiger partial charge in [0.05, 0.1) is 5.56 Å². The van der Waals surface area contributed by atoms with Crippen molar-refractivity contribution in [3.63, 3.8) is 0 Å². The minimum atomic E-state index is -0.946. The first-order chi connectivity index (χ1) is 9.00. The Balaban J connectivity index is 2.28. The van der Waals surface area contributed by atoms with Gasteiger partial charge in [0, 0.05) is 16.0 Å². The molecule has 19 heavy (non-hydrogen) atoms. The summed E-state index contributed by atoms with van der Waals surface area (Å²) in [4.78, 5) is 25.1. The van der Waals surface area contributed by atoms with Crippen LogP contribution in [0.25, 0.3) is 0 Å². The molecule has 0 aliphatic carbocycles. The van der Waals surface area contributed by atoms with Crippen LogP contribution in [0.1, 0.15) is 29.6 Å². The van der Waals surface area contributed by atoms with Crippen molar-refractivity contribution in [2.45, 2.75) is 25.3 Å². The summed E-state index contributed by atoms with van der Waals surface area (Å²) in [5.41, 5.74) is 0.442. The van der Waals surface area contributed by atoms with Crippen LogP contribution in [-0.2, 0) is 4.79 Å². The molecule has 1 heterocycles. The van der Waals surface area contributed by atoms with Crippen molar-refractivity contribution in [1.29, 1.82) is 0 Å². The molecule has 1 amide bonds. The molecule has 1 aliphatic rings. The Labute approximate surface area is 124 Å². The Hall–Kier alpha value is -1.07. The van der Waals surface area contributed by atoms with Crippen LogP contribution in [0.4, 0.5) is 0 Å². The van der Waals surface area contributed by atoms with Gasteiger partial charge in [-0.2, -0.15) is 0 Å². The molecule has 4 nitrogen and oxygen atoms in total. The molecule has 1 saturated heterocycles. The fraction of sp³-hybridized carbons (Fsp3) is 0.385. The van der Waals surface area contributed by atoms with Crippen molar-refractivity contribution in [1.82, 2.24) is 4.90 Å². The second kappa shape index (κ2) is 5.92. The van der Waals surface area contributed by atoms with Crippen LogP contribution in [0.2, 0.25) is 5.02 Å². The zero-order chi connectivity index (χ0) is 14.0. The molecule has 0 bridgehead atoms. The Morgan fingerprint density at radius 2 is 2.11 bits per heavy atom. The average molecular weight is 347 g/mol. The van der Waals surface area contributed by atoms with Crippen molar-refractivity contribution in [2.24, 2.45) is 0 Å². The van der Waals surface area contributed by atoms with Crippen LogP contribution in [0.5, 0.6) is 0 Å². The summed E-state index contributed by atoms with van der Waals surface area (Å²) in [5.74, 6) is -1.21. The van der Waals surface area contributed by atoms with Crippen molar-refractivity contribution in [3.8, 4) is 0 Å². The number of hydrogen-bond acceptors (Lipinski definition) is 2. The fourth-order valence-corrected chi connectivity index (χ4v) is 3.10. The molecule has 1 atom stereocenters. The topological polar surface area (TPSA) is 57.6 Å². The quantitative estimate of drug-likeness (QED) is 0.895. The zero-order valence-electron chi connectivity index (χ0n) is 10.1. The standard InChI is InChI=1S/C13H13BrClNO3/c14-10-7-8(15)4-5-9(10)12(17)16-6-2-1-3-11(16)13(18)19/h4-5,7,11H,1-3,6H2,(H,18,19)/t11-/m0/s1. The third-order valence-electron chi connectivity index (χ3n) is 3.21. The van der Waals surface area contributed by atoms with Gasteiger partial charge in [0.25, 0.3) is 5.91 Å². The number of carboxylic acid groups (broad SMARTS) is 1. The Morgan fingerprint density at radius 1 is 1.37 bits per heavy atom. The van der Waals surface area contributed by atoms with E-state index in [1.807, 2.05) is 0 Å². The van der Waals surface area contributed by atoms with Crippen LogP contribution in [0.15, 0.2) is 22.7 Å². The summed E-state index contributed by atoms with van der Waals surface area (Å²) < 4.78 is 0.583. The Kier molecular flexibility index (Phi) is 4.47. The largest absolute Gasteiger partial charge is 0.480 e. The van der Waals surface area contributed by atoms with Crippen LogP contribution in [0, 0.1) is 0 Å². The molecule has 1 aromatic rings. The smallest absolute Gasteiger partial charge is 0.326 e. The summed E-state index contributed by atoms with van der Waals surface area (Å²) in [5, 5.41) is 9.72. The van der Waals surface area contributed by atoms with E-state index in [1.165, 1.54) is 4.90 Å². The lowest BCUT2D eigenvalue weighted by Crippen LogP contribution is -2.48. The van der Waals surface area contributed by atoms with E-state index < -0.39 is 12.0 Å². The van der Waals surface area contributed by atoms with E-state index in [-0.39, 0.29) is 5.91 Å². The predicted octanol–water partition coefficient (Wildman–Crippen LogP) is 3.18. The summed E-state index contributed by atoms with van der Waals surface area (Å²) in [6, 6.07) is 4.14. The van der Waals surface area contributed by atoms with E-state index in [4.69, 9.17) is 11.6 Å². The number of benzene rings is 1. The number of aliphatic carboxylic acids is 1. The summed E-state index contributed by atoms with van der Waals surface area (Å²) in [7, 11) is 0. The average Bonchev–Trinajstić information content (AvgIpc) is 2.38. The lowest BCUT2D eigenvalue weighted by Gasteiger charge is -2.33. The molecule has 2 rings (SSSR count). The van der Waals surface area contributed by atoms with Gasteiger partial charge >= 0.3 is 5.97 Å². The van der Waals surface area contributed by atoms with Crippen molar-refractivity contribution in [3.05, 3.63) is 33.3 Å². The number of carboxylic acids is 1. The van der Waals surface area contributed by atoms with Crippen LogP contribution in [-0.4, -0.2) is 34.5 Å². The molecular weight excluding hydrogens is 334 g/mol. The predicted molar refractivity (Wildman–Crippen MR) is 75.5 cm³/mol. The van der Waals surface area contributed by atoms with E-state index in [0.717, 1.165) is 12.8 Å². The number of likely N-dealkylation sites (tertiary alicyclic amines) is 1. The number of piperidine rings is 1. The summed E-state index contributed by atoms with van der Waals surface area (Å²) >= 11 is 9.13. The molecule has 0 radical (unpaired) electrons. The van der Waals surface area contributed by atoms with Crippen molar-refractivity contribution < 1.29 is 14.7 Å². The minimum Gasteiger partial charge on any atom is -0.480 e. The normalized spacial score (nSPS) is 19.3.